The molecule has 0 saturated carbocycles. The molecule has 0 saturated heterocycles. The number of carbonyl (C=O) groups excluding carboxylic acids is 2. The zero-order chi connectivity index (χ0) is 15.9. The van der Waals surface area contributed by atoms with Gasteiger partial charge in [-0.3, -0.25) is 0 Å². The summed E-state index contributed by atoms with van der Waals surface area (Å²) in [6.45, 7) is 0. The van der Waals surface area contributed by atoms with Gasteiger partial charge in [0.25, 0.3) is 0 Å². The highest BCUT2D eigenvalue weighted by Crippen LogP contribution is 2.25. The molecule has 22 heavy (non-hydrogen) atoms. The Morgan fingerprint density at radius 2 is 1.77 bits per heavy atom. The van der Waals surface area contributed by atoms with Crippen molar-refractivity contribution >= 4 is 12.0 Å². The second-order valence-electron chi connectivity index (χ2n) is 4.62. The van der Waals surface area contributed by atoms with E-state index in [0.29, 0.717) is 17.1 Å². The molecule has 2 amide bonds. The molecular weight excluding hydrogens is 284 g/mol. The van der Waals surface area contributed by atoms with Gasteiger partial charge in [0, 0.05) is 12.4 Å². The number of rotatable bonds is 6. The van der Waals surface area contributed by atoms with Crippen LogP contribution in [0.5, 0.6) is 11.5 Å². The summed E-state index contributed by atoms with van der Waals surface area (Å²) in [6.07, 6.45) is -0.377. The van der Waals surface area contributed by atoms with Crippen molar-refractivity contribution in [1.82, 2.24) is 5.32 Å². The van der Waals surface area contributed by atoms with Gasteiger partial charge in [-0.15, -0.1) is 0 Å². The van der Waals surface area contributed by atoms with Crippen LogP contribution in [0.4, 0.5) is 4.79 Å². The second-order valence-corrected chi connectivity index (χ2v) is 4.62. The molecule has 1 atom stereocenters. The third-order valence-corrected chi connectivity index (χ3v) is 2.93. The Labute approximate surface area is 127 Å². The number of benzene rings is 2. The number of nitrogens with two attached hydrogens (primary N) is 1. The lowest BCUT2D eigenvalue weighted by atomic mass is 10.0. The second kappa shape index (κ2) is 7.12. The molecule has 0 aliphatic carbocycles. The smallest absolute Gasteiger partial charge is 0.312 e. The van der Waals surface area contributed by atoms with Gasteiger partial charge in [-0.05, 0) is 29.8 Å². The van der Waals surface area contributed by atoms with Gasteiger partial charge in [-0.25, -0.2) is 4.79 Å². The Morgan fingerprint density at radius 3 is 2.41 bits per heavy atom. The van der Waals surface area contributed by atoms with E-state index in [1.165, 1.54) is 0 Å². The molecule has 6 heteroatoms. The van der Waals surface area contributed by atoms with Gasteiger partial charge in [-0.2, -0.15) is 0 Å². The fraction of sp³-hybridized carbons (Fsp3) is 0.125. The summed E-state index contributed by atoms with van der Waals surface area (Å²) in [5.74, 6) is -0.106. The number of amides is 2. The van der Waals surface area contributed by atoms with E-state index < -0.39 is 18.0 Å². The number of carbonyl (C=O) groups is 2. The van der Waals surface area contributed by atoms with E-state index in [1.54, 1.807) is 36.4 Å². The molecule has 0 unspecified atom stereocenters. The Hall–Kier alpha value is -3.02. The number of carboxylic acids is 1. The fourth-order valence-electron chi connectivity index (χ4n) is 2.01. The SMILES string of the molecule is NC(=O)N[C@H](CC(=O)[O-])c1cccc(Oc2ccccc2)c1. The van der Waals surface area contributed by atoms with Crippen LogP contribution in [0.3, 0.4) is 0 Å². The monoisotopic (exact) mass is 299 g/mol. The number of para-hydroxylation sites is 1. The maximum absolute atomic E-state index is 11.0. The Bertz CT molecular complexity index is 642. The van der Waals surface area contributed by atoms with Crippen LogP contribution in [0.15, 0.2) is 54.6 Å². The predicted molar refractivity (Wildman–Crippen MR) is 78.0 cm³/mol. The molecule has 0 aliphatic heterocycles. The topological polar surface area (TPSA) is 104 Å². The summed E-state index contributed by atoms with van der Waals surface area (Å²) < 4.78 is 5.67. The molecule has 2 aromatic carbocycles. The van der Waals surface area contributed by atoms with Crippen LogP contribution in [0.1, 0.15) is 18.0 Å². The Morgan fingerprint density at radius 1 is 1.09 bits per heavy atom. The van der Waals surface area contributed by atoms with Crippen LogP contribution in [-0.4, -0.2) is 12.0 Å². The molecule has 2 rings (SSSR count). The van der Waals surface area contributed by atoms with E-state index in [4.69, 9.17) is 10.5 Å². The lowest BCUT2D eigenvalue weighted by molar-refractivity contribution is -0.306. The molecule has 0 radical (unpaired) electrons. The third kappa shape index (κ3) is 4.52. The van der Waals surface area contributed by atoms with Crippen LogP contribution < -0.4 is 20.9 Å². The normalized spacial score (nSPS) is 11.5. The molecular formula is C16H15N2O4-. The number of carboxylic acid groups (broad SMARTS) is 1. The molecule has 0 aliphatic rings. The average Bonchev–Trinajstić information content (AvgIpc) is 2.47. The minimum absolute atomic E-state index is 0.377. The van der Waals surface area contributed by atoms with E-state index in [2.05, 4.69) is 5.32 Å². The molecule has 114 valence electrons. The molecule has 0 fully saturated rings. The largest absolute Gasteiger partial charge is 0.550 e. The highest BCUT2D eigenvalue weighted by atomic mass is 16.5. The van der Waals surface area contributed by atoms with Crippen molar-refractivity contribution in [1.29, 1.82) is 0 Å². The zero-order valence-electron chi connectivity index (χ0n) is 11.7. The van der Waals surface area contributed by atoms with Crippen molar-refractivity contribution in [2.45, 2.75) is 12.5 Å². The van der Waals surface area contributed by atoms with Gasteiger partial charge in [-0.1, -0.05) is 30.3 Å². The van der Waals surface area contributed by atoms with Crippen LogP contribution in [0.2, 0.25) is 0 Å². The summed E-state index contributed by atoms with van der Waals surface area (Å²) in [6, 6.07) is 14.3. The van der Waals surface area contributed by atoms with Crippen molar-refractivity contribution in [3.05, 3.63) is 60.2 Å². The number of hydrogen-bond acceptors (Lipinski definition) is 4. The zero-order valence-corrected chi connectivity index (χ0v) is 11.7. The lowest BCUT2D eigenvalue weighted by Crippen LogP contribution is -2.37. The minimum atomic E-state index is -1.28. The summed E-state index contributed by atoms with van der Waals surface area (Å²) in [4.78, 5) is 21.8. The van der Waals surface area contributed by atoms with Crippen LogP contribution >= 0.6 is 0 Å². The Kier molecular flexibility index (Phi) is 4.98. The number of urea groups is 1. The van der Waals surface area contributed by atoms with Crippen molar-refractivity contribution < 1.29 is 19.4 Å². The lowest BCUT2D eigenvalue weighted by Gasteiger charge is -2.19. The predicted octanol–water partition coefficient (Wildman–Crippen LogP) is 1.33. The van der Waals surface area contributed by atoms with Gasteiger partial charge < -0.3 is 25.7 Å². The number of hydrogen-bond donors (Lipinski definition) is 2. The van der Waals surface area contributed by atoms with Gasteiger partial charge >= 0.3 is 6.03 Å². The maximum atomic E-state index is 11.0. The molecule has 0 aromatic heterocycles. The van der Waals surface area contributed by atoms with E-state index in [1.807, 2.05) is 18.2 Å². The summed E-state index contributed by atoms with van der Waals surface area (Å²) in [5.41, 5.74) is 5.64. The van der Waals surface area contributed by atoms with Crippen molar-refractivity contribution in [3.8, 4) is 11.5 Å². The van der Waals surface area contributed by atoms with E-state index >= 15 is 0 Å². The number of aliphatic carboxylic acids is 1. The van der Waals surface area contributed by atoms with E-state index in [9.17, 15) is 14.7 Å². The first-order valence-electron chi connectivity index (χ1n) is 6.63. The van der Waals surface area contributed by atoms with Crippen molar-refractivity contribution in [2.24, 2.45) is 5.73 Å². The first kappa shape index (κ1) is 15.4. The number of nitrogens with one attached hydrogen (secondary N) is 1. The first-order chi connectivity index (χ1) is 10.5. The number of ether oxygens (including phenoxy) is 1. The van der Waals surface area contributed by atoms with Crippen molar-refractivity contribution in [3.63, 3.8) is 0 Å². The molecule has 3 N–H and O–H groups in total. The van der Waals surface area contributed by atoms with E-state index in [0.717, 1.165) is 0 Å². The quantitative estimate of drug-likeness (QED) is 0.839. The third-order valence-electron chi connectivity index (χ3n) is 2.93. The minimum Gasteiger partial charge on any atom is -0.550 e. The molecule has 6 nitrogen and oxygen atoms in total. The molecule has 0 spiro atoms. The summed E-state index contributed by atoms with van der Waals surface area (Å²) >= 11 is 0. The average molecular weight is 299 g/mol. The van der Waals surface area contributed by atoms with Crippen LogP contribution in [0, 0.1) is 0 Å². The molecule has 0 bridgehead atoms. The molecule has 0 heterocycles. The van der Waals surface area contributed by atoms with Crippen LogP contribution in [0.25, 0.3) is 0 Å². The highest BCUT2D eigenvalue weighted by Gasteiger charge is 2.14. The van der Waals surface area contributed by atoms with Gasteiger partial charge in [0.15, 0.2) is 0 Å². The first-order valence-corrected chi connectivity index (χ1v) is 6.63. The van der Waals surface area contributed by atoms with Gasteiger partial charge in [0.05, 0.1) is 6.04 Å². The Balaban J connectivity index is 2.20. The van der Waals surface area contributed by atoms with Crippen molar-refractivity contribution in [2.75, 3.05) is 0 Å². The molecule has 2 aromatic rings. The standard InChI is InChI=1S/C16H16N2O4/c17-16(21)18-14(10-15(19)20)11-5-4-8-13(9-11)22-12-6-2-1-3-7-12/h1-9,14H,10H2,(H,19,20)(H3,17,18,21)/p-1/t14-/m1/s1. The highest BCUT2D eigenvalue weighted by molar-refractivity contribution is 5.74. The fourth-order valence-corrected chi connectivity index (χ4v) is 2.01. The summed E-state index contributed by atoms with van der Waals surface area (Å²) in [5, 5.41) is 13.2. The summed E-state index contributed by atoms with van der Waals surface area (Å²) in [7, 11) is 0. The number of primary amides is 1. The van der Waals surface area contributed by atoms with Crippen LogP contribution in [-0.2, 0) is 4.79 Å². The van der Waals surface area contributed by atoms with Gasteiger partial charge in [0.2, 0.25) is 0 Å². The maximum Gasteiger partial charge on any atom is 0.312 e. The van der Waals surface area contributed by atoms with Gasteiger partial charge in [0.1, 0.15) is 11.5 Å². The van der Waals surface area contributed by atoms with E-state index in [-0.39, 0.29) is 6.42 Å².